The van der Waals surface area contributed by atoms with Crippen LogP contribution in [0.15, 0.2) is 4.99 Å². The van der Waals surface area contributed by atoms with E-state index in [9.17, 15) is 9.59 Å². The first-order chi connectivity index (χ1) is 14.4. The van der Waals surface area contributed by atoms with Gasteiger partial charge in [-0.15, -0.1) is 24.0 Å². The number of nitrogens with one attached hydrogen (secondary N) is 2. The van der Waals surface area contributed by atoms with Gasteiger partial charge in [0.25, 0.3) is 0 Å². The molecule has 2 aliphatic rings. The third kappa shape index (κ3) is 7.49. The van der Waals surface area contributed by atoms with Crippen molar-refractivity contribution in [2.24, 2.45) is 16.3 Å². The lowest BCUT2D eigenvalue weighted by atomic mass is 9.85. The van der Waals surface area contributed by atoms with E-state index in [0.717, 1.165) is 77.0 Å². The predicted molar refractivity (Wildman–Crippen MR) is 138 cm³/mol. The van der Waals surface area contributed by atoms with E-state index in [4.69, 9.17) is 4.99 Å². The molecule has 0 aromatic carbocycles. The summed E-state index contributed by atoms with van der Waals surface area (Å²) in [5.41, 5.74) is -0.350. The van der Waals surface area contributed by atoms with E-state index in [1.54, 1.807) is 4.90 Å². The first-order valence-electron chi connectivity index (χ1n) is 11.9. The highest BCUT2D eigenvalue weighted by Gasteiger charge is 2.42. The maximum Gasteiger partial charge on any atom is 0.230 e. The standard InChI is InChI=1S/C23H43N5O2.HI/c1-6-18(7-2)20(29)28-15-11-19(12-16-28)26-22(24-8-3)25-17-23(13-9-10-14-23)21(30)27(4)5;/h18-19H,6-17H2,1-5H3,(H2,24,25,26);1H. The number of amides is 2. The van der Waals surface area contributed by atoms with Crippen LogP contribution in [0.4, 0.5) is 0 Å². The Kier molecular flexibility index (Phi) is 12.2. The summed E-state index contributed by atoms with van der Waals surface area (Å²) in [4.78, 5) is 34.0. The Morgan fingerprint density at radius 1 is 1.10 bits per heavy atom. The fourth-order valence-electron chi connectivity index (χ4n) is 4.85. The molecular formula is C23H44IN5O2. The van der Waals surface area contributed by atoms with Crippen LogP contribution in [0.3, 0.4) is 0 Å². The van der Waals surface area contributed by atoms with Gasteiger partial charge in [0.1, 0.15) is 0 Å². The molecule has 0 atom stereocenters. The first-order valence-corrected chi connectivity index (χ1v) is 11.9. The summed E-state index contributed by atoms with van der Waals surface area (Å²) in [5.74, 6) is 1.46. The van der Waals surface area contributed by atoms with Gasteiger partial charge in [-0.1, -0.05) is 26.7 Å². The summed E-state index contributed by atoms with van der Waals surface area (Å²) in [6, 6.07) is 0.303. The maximum absolute atomic E-state index is 12.8. The second-order valence-electron chi connectivity index (χ2n) is 9.14. The maximum atomic E-state index is 12.8. The van der Waals surface area contributed by atoms with Gasteiger partial charge in [-0.2, -0.15) is 0 Å². The van der Waals surface area contributed by atoms with Crippen molar-refractivity contribution in [2.75, 3.05) is 40.3 Å². The molecule has 0 aromatic heterocycles. The van der Waals surface area contributed by atoms with Crippen molar-refractivity contribution < 1.29 is 9.59 Å². The smallest absolute Gasteiger partial charge is 0.230 e. The SMILES string of the molecule is CCNC(=NCC1(C(=O)N(C)C)CCCC1)NC1CCN(C(=O)C(CC)CC)CC1.I. The number of piperidine rings is 1. The Balaban J connectivity index is 0.00000480. The van der Waals surface area contributed by atoms with Crippen molar-refractivity contribution in [3.8, 4) is 0 Å². The average Bonchev–Trinajstić information content (AvgIpc) is 3.23. The van der Waals surface area contributed by atoms with Gasteiger partial charge < -0.3 is 20.4 Å². The van der Waals surface area contributed by atoms with E-state index in [1.807, 2.05) is 19.0 Å². The van der Waals surface area contributed by atoms with Gasteiger partial charge in [0.2, 0.25) is 11.8 Å². The summed E-state index contributed by atoms with van der Waals surface area (Å²) >= 11 is 0. The minimum absolute atomic E-state index is 0. The van der Waals surface area contributed by atoms with Crippen molar-refractivity contribution in [3.05, 3.63) is 0 Å². The normalized spacial score (nSPS) is 19.2. The Morgan fingerprint density at radius 3 is 2.16 bits per heavy atom. The number of carbonyl (C=O) groups is 2. The molecule has 31 heavy (non-hydrogen) atoms. The Hall–Kier alpha value is -1.06. The Morgan fingerprint density at radius 2 is 1.68 bits per heavy atom. The molecule has 8 heteroatoms. The summed E-state index contributed by atoms with van der Waals surface area (Å²) in [6.07, 6.45) is 7.73. The van der Waals surface area contributed by atoms with Crippen molar-refractivity contribution in [2.45, 2.75) is 78.2 Å². The topological polar surface area (TPSA) is 77.0 Å². The van der Waals surface area contributed by atoms with Crippen molar-refractivity contribution in [1.82, 2.24) is 20.4 Å². The van der Waals surface area contributed by atoms with Crippen LogP contribution < -0.4 is 10.6 Å². The molecular weight excluding hydrogens is 505 g/mol. The van der Waals surface area contributed by atoms with E-state index in [1.165, 1.54) is 0 Å². The fraction of sp³-hybridized carbons (Fsp3) is 0.870. The van der Waals surface area contributed by atoms with E-state index < -0.39 is 0 Å². The van der Waals surface area contributed by atoms with Crippen molar-refractivity contribution >= 4 is 41.8 Å². The van der Waals surface area contributed by atoms with Crippen LogP contribution in [0.25, 0.3) is 0 Å². The monoisotopic (exact) mass is 549 g/mol. The molecule has 2 amide bonds. The Bertz CT molecular complexity index is 593. The zero-order valence-electron chi connectivity index (χ0n) is 20.2. The van der Waals surface area contributed by atoms with Crippen LogP contribution in [0, 0.1) is 11.3 Å². The zero-order valence-corrected chi connectivity index (χ0v) is 22.5. The highest BCUT2D eigenvalue weighted by atomic mass is 127. The number of hydrogen-bond donors (Lipinski definition) is 2. The lowest BCUT2D eigenvalue weighted by molar-refractivity contribution is -0.138. The predicted octanol–water partition coefficient (Wildman–Crippen LogP) is 3.24. The zero-order chi connectivity index (χ0) is 22.1. The summed E-state index contributed by atoms with van der Waals surface area (Å²) in [5, 5.41) is 6.90. The number of likely N-dealkylation sites (tertiary alicyclic amines) is 1. The van der Waals surface area contributed by atoms with Gasteiger partial charge in [-0.05, 0) is 45.4 Å². The van der Waals surface area contributed by atoms with Crippen LogP contribution in [0.1, 0.15) is 72.1 Å². The minimum Gasteiger partial charge on any atom is -0.357 e. The lowest BCUT2D eigenvalue weighted by Gasteiger charge is -2.35. The molecule has 0 bridgehead atoms. The fourth-order valence-corrected chi connectivity index (χ4v) is 4.85. The molecule has 1 saturated carbocycles. The lowest BCUT2D eigenvalue weighted by Crippen LogP contribution is -2.51. The molecule has 2 rings (SSSR count). The van der Waals surface area contributed by atoms with E-state index in [0.29, 0.717) is 18.5 Å². The van der Waals surface area contributed by atoms with Crippen LogP contribution >= 0.6 is 24.0 Å². The van der Waals surface area contributed by atoms with Gasteiger partial charge in [0.05, 0.1) is 12.0 Å². The van der Waals surface area contributed by atoms with Crippen molar-refractivity contribution in [1.29, 1.82) is 0 Å². The highest BCUT2D eigenvalue weighted by molar-refractivity contribution is 14.0. The number of guanidine groups is 1. The van der Waals surface area contributed by atoms with E-state index in [2.05, 4.69) is 31.4 Å². The molecule has 0 unspecified atom stereocenters. The molecule has 0 aromatic rings. The van der Waals surface area contributed by atoms with Crippen LogP contribution in [0.2, 0.25) is 0 Å². The second kappa shape index (κ2) is 13.5. The number of carbonyl (C=O) groups excluding carboxylic acids is 2. The molecule has 2 N–H and O–H groups in total. The van der Waals surface area contributed by atoms with Crippen molar-refractivity contribution in [3.63, 3.8) is 0 Å². The minimum atomic E-state index is -0.350. The molecule has 1 aliphatic heterocycles. The highest BCUT2D eigenvalue weighted by Crippen LogP contribution is 2.39. The number of nitrogens with zero attached hydrogens (tertiary/aromatic N) is 3. The number of aliphatic imine (C=N–C) groups is 1. The van der Waals surface area contributed by atoms with Gasteiger partial charge >= 0.3 is 0 Å². The molecule has 0 radical (unpaired) electrons. The Labute approximate surface area is 206 Å². The molecule has 2 fully saturated rings. The average molecular weight is 550 g/mol. The molecule has 1 heterocycles. The molecule has 7 nitrogen and oxygen atoms in total. The molecule has 0 spiro atoms. The van der Waals surface area contributed by atoms with Gasteiger partial charge in [-0.3, -0.25) is 14.6 Å². The van der Waals surface area contributed by atoms with E-state index >= 15 is 0 Å². The third-order valence-corrected chi connectivity index (χ3v) is 6.79. The number of halogens is 1. The number of rotatable bonds is 8. The van der Waals surface area contributed by atoms with Gasteiger partial charge in [0, 0.05) is 45.7 Å². The number of hydrogen-bond acceptors (Lipinski definition) is 3. The molecule has 180 valence electrons. The molecule has 1 aliphatic carbocycles. The second-order valence-corrected chi connectivity index (χ2v) is 9.14. The largest absolute Gasteiger partial charge is 0.357 e. The van der Waals surface area contributed by atoms with Crippen LogP contribution in [-0.2, 0) is 9.59 Å². The van der Waals surface area contributed by atoms with Crippen LogP contribution in [-0.4, -0.2) is 73.9 Å². The van der Waals surface area contributed by atoms with Gasteiger partial charge in [-0.25, -0.2) is 0 Å². The summed E-state index contributed by atoms with van der Waals surface area (Å²) in [7, 11) is 3.68. The summed E-state index contributed by atoms with van der Waals surface area (Å²) < 4.78 is 0. The molecule has 1 saturated heterocycles. The third-order valence-electron chi connectivity index (χ3n) is 6.79. The first kappa shape index (κ1) is 28.0. The van der Waals surface area contributed by atoms with E-state index in [-0.39, 0.29) is 41.2 Å². The quantitative estimate of drug-likeness (QED) is 0.277. The van der Waals surface area contributed by atoms with Crippen LogP contribution in [0.5, 0.6) is 0 Å². The summed E-state index contributed by atoms with van der Waals surface area (Å²) in [6.45, 7) is 9.17. The van der Waals surface area contributed by atoms with Gasteiger partial charge in [0.15, 0.2) is 5.96 Å².